The summed E-state index contributed by atoms with van der Waals surface area (Å²) >= 11 is 23.1. The normalized spacial score (nSPS) is 13.6. The van der Waals surface area contributed by atoms with Crippen molar-refractivity contribution in [1.82, 2.24) is 0 Å². The van der Waals surface area contributed by atoms with Crippen LogP contribution in [0.3, 0.4) is 0 Å². The molecular formula is C13H14Cl4O3. The summed E-state index contributed by atoms with van der Waals surface area (Å²) in [5, 5.41) is 10.0. The lowest BCUT2D eigenvalue weighted by Gasteiger charge is -2.19. The summed E-state index contributed by atoms with van der Waals surface area (Å²) in [5.74, 6) is 0.767. The van der Waals surface area contributed by atoms with Gasteiger partial charge in [0.15, 0.2) is 5.75 Å². The van der Waals surface area contributed by atoms with Crippen LogP contribution < -0.4 is 9.47 Å². The monoisotopic (exact) mass is 358 g/mol. The first-order valence-electron chi connectivity index (χ1n) is 5.79. The van der Waals surface area contributed by atoms with E-state index in [0.29, 0.717) is 21.5 Å². The lowest BCUT2D eigenvalue weighted by Crippen LogP contribution is -2.25. The van der Waals surface area contributed by atoms with Crippen LogP contribution in [0.4, 0.5) is 0 Å². The van der Waals surface area contributed by atoms with Gasteiger partial charge in [0.1, 0.15) is 23.0 Å². The minimum Gasteiger partial charge on any atom is -0.489 e. The SMILES string of the molecule is CC(O)C(C)Oc1c(Cl)cc(OCC=C(Cl)Cl)cc1Cl. The number of rotatable bonds is 6. The van der Waals surface area contributed by atoms with Crippen LogP contribution in [0.5, 0.6) is 11.5 Å². The van der Waals surface area contributed by atoms with Crippen LogP contribution in [0.25, 0.3) is 0 Å². The molecule has 0 aliphatic carbocycles. The molecule has 2 atom stereocenters. The average Bonchev–Trinajstić information content (AvgIpc) is 2.32. The fourth-order valence-electron chi connectivity index (χ4n) is 1.22. The van der Waals surface area contributed by atoms with E-state index >= 15 is 0 Å². The Morgan fingerprint density at radius 1 is 1.25 bits per heavy atom. The second-order valence-corrected chi connectivity index (χ2v) is 5.91. The number of hydrogen-bond donors (Lipinski definition) is 1. The van der Waals surface area contributed by atoms with Gasteiger partial charge < -0.3 is 14.6 Å². The summed E-state index contributed by atoms with van der Waals surface area (Å²) in [4.78, 5) is 0. The third-order valence-electron chi connectivity index (χ3n) is 2.44. The Morgan fingerprint density at radius 2 is 1.80 bits per heavy atom. The molecule has 0 radical (unpaired) electrons. The summed E-state index contributed by atoms with van der Waals surface area (Å²) < 4.78 is 11.0. The van der Waals surface area contributed by atoms with Gasteiger partial charge in [0.05, 0.1) is 16.1 Å². The number of aliphatic hydroxyl groups is 1. The van der Waals surface area contributed by atoms with Gasteiger partial charge >= 0.3 is 0 Å². The first-order chi connectivity index (χ1) is 9.31. The van der Waals surface area contributed by atoms with Crippen LogP contribution in [0, 0.1) is 0 Å². The Hall–Kier alpha value is -0.320. The van der Waals surface area contributed by atoms with Gasteiger partial charge in [0, 0.05) is 12.1 Å². The molecule has 0 bridgehead atoms. The molecule has 2 unspecified atom stereocenters. The Balaban J connectivity index is 2.83. The first-order valence-corrected chi connectivity index (χ1v) is 7.30. The fourth-order valence-corrected chi connectivity index (χ4v) is 1.90. The summed E-state index contributed by atoms with van der Waals surface area (Å²) in [6.07, 6.45) is 0.411. The van der Waals surface area contributed by atoms with Crippen molar-refractivity contribution in [2.45, 2.75) is 26.1 Å². The number of aliphatic hydroxyl groups excluding tert-OH is 1. The molecule has 20 heavy (non-hydrogen) atoms. The lowest BCUT2D eigenvalue weighted by molar-refractivity contribution is 0.0605. The van der Waals surface area contributed by atoms with Crippen LogP contribution >= 0.6 is 46.4 Å². The topological polar surface area (TPSA) is 38.7 Å². The van der Waals surface area contributed by atoms with Gasteiger partial charge in [0.2, 0.25) is 0 Å². The minimum absolute atomic E-state index is 0.118. The van der Waals surface area contributed by atoms with E-state index in [1.54, 1.807) is 26.0 Å². The van der Waals surface area contributed by atoms with Crippen molar-refractivity contribution in [3.63, 3.8) is 0 Å². The van der Waals surface area contributed by atoms with Gasteiger partial charge in [-0.3, -0.25) is 0 Å². The Kier molecular flexibility index (Phi) is 7.27. The van der Waals surface area contributed by atoms with Crippen molar-refractivity contribution >= 4 is 46.4 Å². The zero-order valence-corrected chi connectivity index (χ0v) is 13.9. The predicted molar refractivity (Wildman–Crippen MR) is 83.5 cm³/mol. The van der Waals surface area contributed by atoms with Crippen LogP contribution in [-0.2, 0) is 0 Å². The summed E-state index contributed by atoms with van der Waals surface area (Å²) in [5.41, 5.74) is 0. The maximum absolute atomic E-state index is 9.42. The van der Waals surface area contributed by atoms with Crippen molar-refractivity contribution in [2.24, 2.45) is 0 Å². The molecule has 1 N–H and O–H groups in total. The Labute approximate surface area is 138 Å². The van der Waals surface area contributed by atoms with Gasteiger partial charge in [-0.05, 0) is 19.9 Å². The van der Waals surface area contributed by atoms with Crippen molar-refractivity contribution in [3.8, 4) is 11.5 Å². The molecule has 112 valence electrons. The van der Waals surface area contributed by atoms with Gasteiger partial charge in [0.25, 0.3) is 0 Å². The van der Waals surface area contributed by atoms with Crippen LogP contribution in [0.15, 0.2) is 22.7 Å². The molecule has 0 heterocycles. The van der Waals surface area contributed by atoms with E-state index in [1.807, 2.05) is 0 Å². The van der Waals surface area contributed by atoms with Crippen molar-refractivity contribution in [3.05, 3.63) is 32.7 Å². The first kappa shape index (κ1) is 17.7. The quantitative estimate of drug-likeness (QED) is 0.789. The Bertz CT molecular complexity index is 461. The summed E-state index contributed by atoms with van der Waals surface area (Å²) in [6, 6.07) is 3.13. The van der Waals surface area contributed by atoms with Gasteiger partial charge in [-0.15, -0.1) is 0 Å². The van der Waals surface area contributed by atoms with Crippen molar-refractivity contribution < 1.29 is 14.6 Å². The lowest BCUT2D eigenvalue weighted by atomic mass is 10.2. The second kappa shape index (κ2) is 8.20. The highest BCUT2D eigenvalue weighted by molar-refractivity contribution is 6.55. The second-order valence-electron chi connectivity index (χ2n) is 4.08. The Morgan fingerprint density at radius 3 is 2.25 bits per heavy atom. The van der Waals surface area contributed by atoms with Gasteiger partial charge in [-0.1, -0.05) is 46.4 Å². The third-order valence-corrected chi connectivity index (χ3v) is 3.31. The van der Waals surface area contributed by atoms with E-state index < -0.39 is 12.2 Å². The molecule has 1 aromatic rings. The van der Waals surface area contributed by atoms with Crippen LogP contribution in [0.1, 0.15) is 13.8 Å². The van der Waals surface area contributed by atoms with Gasteiger partial charge in [-0.25, -0.2) is 0 Å². The fraction of sp³-hybridized carbons (Fsp3) is 0.385. The number of halogens is 4. The van der Waals surface area contributed by atoms with Crippen molar-refractivity contribution in [2.75, 3.05) is 6.61 Å². The predicted octanol–water partition coefficient (Wildman–Crippen LogP) is 4.84. The van der Waals surface area contributed by atoms with E-state index in [1.165, 1.54) is 6.08 Å². The molecule has 0 amide bonds. The maximum atomic E-state index is 9.42. The molecule has 3 nitrogen and oxygen atoms in total. The highest BCUT2D eigenvalue weighted by atomic mass is 35.5. The maximum Gasteiger partial charge on any atom is 0.157 e. The highest BCUT2D eigenvalue weighted by Gasteiger charge is 2.16. The van der Waals surface area contributed by atoms with E-state index in [4.69, 9.17) is 55.9 Å². The smallest absolute Gasteiger partial charge is 0.157 e. The van der Waals surface area contributed by atoms with Crippen LogP contribution in [0.2, 0.25) is 10.0 Å². The van der Waals surface area contributed by atoms with Gasteiger partial charge in [-0.2, -0.15) is 0 Å². The molecule has 0 aliphatic heterocycles. The van der Waals surface area contributed by atoms with E-state index in [-0.39, 0.29) is 11.1 Å². The number of ether oxygens (including phenoxy) is 2. The third kappa shape index (κ3) is 5.58. The van der Waals surface area contributed by atoms with E-state index in [9.17, 15) is 5.11 Å². The number of hydrogen-bond acceptors (Lipinski definition) is 3. The zero-order chi connectivity index (χ0) is 15.3. The average molecular weight is 360 g/mol. The molecule has 0 fully saturated rings. The zero-order valence-electron chi connectivity index (χ0n) is 10.9. The van der Waals surface area contributed by atoms with E-state index in [2.05, 4.69) is 0 Å². The highest BCUT2D eigenvalue weighted by Crippen LogP contribution is 2.37. The largest absolute Gasteiger partial charge is 0.489 e. The summed E-state index contributed by atoms with van der Waals surface area (Å²) in [6.45, 7) is 3.53. The molecule has 1 rings (SSSR count). The molecule has 0 aromatic heterocycles. The molecule has 0 saturated carbocycles. The summed E-state index contributed by atoms with van der Waals surface area (Å²) in [7, 11) is 0. The molecular weight excluding hydrogens is 346 g/mol. The molecule has 0 saturated heterocycles. The minimum atomic E-state index is -0.644. The molecule has 7 heteroatoms. The van der Waals surface area contributed by atoms with E-state index in [0.717, 1.165) is 0 Å². The van der Waals surface area contributed by atoms with Crippen molar-refractivity contribution in [1.29, 1.82) is 0 Å². The standard InChI is InChI=1S/C13H14Cl4O3/c1-7(18)8(2)20-13-10(14)5-9(6-11(13)15)19-4-3-12(16)17/h3,5-8,18H,4H2,1-2H3. The number of benzene rings is 1. The molecule has 0 aliphatic rings. The van der Waals surface area contributed by atoms with Crippen LogP contribution in [-0.4, -0.2) is 23.9 Å². The molecule has 1 aromatic carbocycles. The molecule has 0 spiro atoms.